The molecule has 0 saturated carbocycles. The lowest BCUT2D eigenvalue weighted by Gasteiger charge is -2.20. The van der Waals surface area contributed by atoms with Crippen molar-refractivity contribution in [1.82, 2.24) is 4.98 Å². The number of hydrogen-bond acceptors (Lipinski definition) is 6. The van der Waals surface area contributed by atoms with Crippen molar-refractivity contribution < 1.29 is 13.2 Å². The minimum atomic E-state index is -3.26. The summed E-state index contributed by atoms with van der Waals surface area (Å²) in [7, 11) is -3.26. The molecule has 1 aromatic carbocycles. The molecular weight excluding hydrogens is 358 g/mol. The monoisotopic (exact) mass is 383 g/mol. The van der Waals surface area contributed by atoms with Crippen LogP contribution in [0.25, 0.3) is 11.3 Å². The van der Waals surface area contributed by atoms with Gasteiger partial charge in [-0.25, -0.2) is 13.4 Å². The zero-order chi connectivity index (χ0) is 18.3. The molecule has 0 aliphatic rings. The Morgan fingerprint density at radius 2 is 1.96 bits per heavy atom. The van der Waals surface area contributed by atoms with Gasteiger partial charge < -0.3 is 10.1 Å². The molecule has 0 bridgehead atoms. The summed E-state index contributed by atoms with van der Waals surface area (Å²) < 4.78 is 30.3. The second-order valence-corrected chi connectivity index (χ2v) is 8.25. The van der Waals surface area contributed by atoms with Crippen LogP contribution in [0.4, 0.5) is 10.8 Å². The Balaban J connectivity index is 2.00. The van der Waals surface area contributed by atoms with Gasteiger partial charge in [0.05, 0.1) is 17.6 Å². The third-order valence-corrected chi connectivity index (χ3v) is 5.66. The Kier molecular flexibility index (Phi) is 7.22. The maximum atomic E-state index is 11.8. The average molecular weight is 384 g/mol. The highest BCUT2D eigenvalue weighted by Crippen LogP contribution is 2.27. The molecule has 0 spiro atoms. The van der Waals surface area contributed by atoms with Crippen molar-refractivity contribution in [2.45, 2.75) is 20.3 Å². The van der Waals surface area contributed by atoms with Crippen LogP contribution in [0.2, 0.25) is 0 Å². The number of anilines is 2. The molecule has 8 heteroatoms. The maximum Gasteiger partial charge on any atom is 0.232 e. The molecule has 0 unspecified atom stereocenters. The van der Waals surface area contributed by atoms with Gasteiger partial charge in [0.15, 0.2) is 5.13 Å². The number of nitrogens with zero attached hydrogens (tertiary/aromatic N) is 2. The molecule has 0 saturated heterocycles. The van der Waals surface area contributed by atoms with Crippen molar-refractivity contribution in [3.05, 3.63) is 29.6 Å². The van der Waals surface area contributed by atoms with Crippen molar-refractivity contribution in [3.8, 4) is 11.3 Å². The predicted octanol–water partition coefficient (Wildman–Crippen LogP) is 3.43. The average Bonchev–Trinajstić information content (AvgIpc) is 3.03. The summed E-state index contributed by atoms with van der Waals surface area (Å²) in [4.78, 5) is 4.58. The van der Waals surface area contributed by atoms with Gasteiger partial charge in [-0.05, 0) is 32.4 Å². The Labute approximate surface area is 153 Å². The number of hydrogen-bond donors (Lipinski definition) is 1. The standard InChI is InChI=1S/C17H25N3O3S2/c1-4-20(25(3,21)22)15-9-7-14(8-10-15)16-13-24-17(19-16)18-11-6-12-23-5-2/h7-10,13H,4-6,11-12H2,1-3H3,(H,18,19). The molecule has 138 valence electrons. The van der Waals surface area contributed by atoms with Crippen molar-refractivity contribution in [2.75, 3.05) is 42.2 Å². The second kappa shape index (κ2) is 9.17. The Morgan fingerprint density at radius 3 is 2.56 bits per heavy atom. The minimum Gasteiger partial charge on any atom is -0.382 e. The van der Waals surface area contributed by atoms with Gasteiger partial charge in [0.25, 0.3) is 0 Å². The highest BCUT2D eigenvalue weighted by atomic mass is 32.2. The van der Waals surface area contributed by atoms with E-state index in [0.29, 0.717) is 12.2 Å². The van der Waals surface area contributed by atoms with Crippen LogP contribution in [0.1, 0.15) is 20.3 Å². The number of ether oxygens (including phenoxy) is 1. The molecule has 0 fully saturated rings. The summed E-state index contributed by atoms with van der Waals surface area (Å²) in [6, 6.07) is 7.43. The fourth-order valence-corrected chi connectivity index (χ4v) is 4.13. The van der Waals surface area contributed by atoms with E-state index < -0.39 is 10.0 Å². The third-order valence-electron chi connectivity index (χ3n) is 3.59. The van der Waals surface area contributed by atoms with Crippen molar-refractivity contribution >= 4 is 32.2 Å². The summed E-state index contributed by atoms with van der Waals surface area (Å²) >= 11 is 1.56. The number of benzene rings is 1. The first-order valence-electron chi connectivity index (χ1n) is 8.31. The fourth-order valence-electron chi connectivity index (χ4n) is 2.41. The van der Waals surface area contributed by atoms with Crippen LogP contribution in [0.3, 0.4) is 0 Å². The molecule has 1 N–H and O–H groups in total. The molecule has 6 nitrogen and oxygen atoms in total. The Bertz CT molecular complexity index is 758. The van der Waals surface area contributed by atoms with Gasteiger partial charge in [0, 0.05) is 37.2 Å². The topological polar surface area (TPSA) is 71.5 Å². The zero-order valence-corrected chi connectivity index (χ0v) is 16.5. The summed E-state index contributed by atoms with van der Waals surface area (Å²) in [6.07, 6.45) is 2.16. The van der Waals surface area contributed by atoms with Gasteiger partial charge in [-0.3, -0.25) is 4.31 Å². The fraction of sp³-hybridized carbons (Fsp3) is 0.471. The summed E-state index contributed by atoms with van der Waals surface area (Å²) in [6.45, 7) is 6.53. The number of rotatable bonds is 10. The molecule has 0 amide bonds. The molecule has 1 aromatic heterocycles. The number of thiazole rings is 1. The highest BCUT2D eigenvalue weighted by Gasteiger charge is 2.15. The zero-order valence-electron chi connectivity index (χ0n) is 14.9. The van der Waals surface area contributed by atoms with Crippen molar-refractivity contribution in [3.63, 3.8) is 0 Å². The lowest BCUT2D eigenvalue weighted by Crippen LogP contribution is -2.29. The molecule has 2 aromatic rings. The molecule has 0 aliphatic heterocycles. The molecule has 2 rings (SSSR count). The molecule has 1 heterocycles. The van der Waals surface area contributed by atoms with Gasteiger partial charge in [0.1, 0.15) is 0 Å². The van der Waals surface area contributed by atoms with E-state index in [4.69, 9.17) is 4.74 Å². The maximum absolute atomic E-state index is 11.8. The van der Waals surface area contributed by atoms with Crippen LogP contribution in [0.5, 0.6) is 0 Å². The third kappa shape index (κ3) is 5.69. The van der Waals surface area contributed by atoms with Crippen LogP contribution in [0.15, 0.2) is 29.6 Å². The normalized spacial score (nSPS) is 11.5. The van der Waals surface area contributed by atoms with Gasteiger partial charge >= 0.3 is 0 Å². The van der Waals surface area contributed by atoms with E-state index in [1.54, 1.807) is 11.3 Å². The van der Waals surface area contributed by atoms with Crippen LogP contribution in [-0.4, -0.2) is 46.0 Å². The Morgan fingerprint density at radius 1 is 1.24 bits per heavy atom. The van der Waals surface area contributed by atoms with E-state index in [2.05, 4.69) is 10.3 Å². The first kappa shape index (κ1) is 19.7. The second-order valence-electron chi connectivity index (χ2n) is 5.49. The first-order valence-corrected chi connectivity index (χ1v) is 11.0. The van der Waals surface area contributed by atoms with E-state index >= 15 is 0 Å². The smallest absolute Gasteiger partial charge is 0.232 e. The van der Waals surface area contributed by atoms with Gasteiger partial charge in [0.2, 0.25) is 10.0 Å². The summed E-state index contributed by atoms with van der Waals surface area (Å²) in [5, 5.41) is 6.16. The molecule has 25 heavy (non-hydrogen) atoms. The van der Waals surface area contributed by atoms with Crippen molar-refractivity contribution in [2.24, 2.45) is 0 Å². The minimum absolute atomic E-state index is 0.407. The van der Waals surface area contributed by atoms with Crippen LogP contribution in [-0.2, 0) is 14.8 Å². The number of nitrogens with one attached hydrogen (secondary N) is 1. The van der Waals surface area contributed by atoms with E-state index in [1.807, 2.05) is 43.5 Å². The molecule has 0 atom stereocenters. The summed E-state index contributed by atoms with van der Waals surface area (Å²) in [5.74, 6) is 0. The SMILES string of the molecule is CCOCCCNc1nc(-c2ccc(N(CC)S(C)(=O)=O)cc2)cs1. The Hall–Kier alpha value is -1.64. The van der Waals surface area contributed by atoms with Gasteiger partial charge in [-0.15, -0.1) is 11.3 Å². The van der Waals surface area contributed by atoms with E-state index in [0.717, 1.165) is 42.6 Å². The van der Waals surface area contributed by atoms with Crippen molar-refractivity contribution in [1.29, 1.82) is 0 Å². The lowest BCUT2D eigenvalue weighted by molar-refractivity contribution is 0.147. The van der Waals surface area contributed by atoms with E-state index in [9.17, 15) is 8.42 Å². The van der Waals surface area contributed by atoms with E-state index in [1.165, 1.54) is 10.6 Å². The van der Waals surface area contributed by atoms with Crippen LogP contribution in [0, 0.1) is 0 Å². The quantitative estimate of drug-likeness (QED) is 0.637. The first-order chi connectivity index (χ1) is 12.0. The highest BCUT2D eigenvalue weighted by molar-refractivity contribution is 7.92. The van der Waals surface area contributed by atoms with Crippen LogP contribution >= 0.6 is 11.3 Å². The van der Waals surface area contributed by atoms with Gasteiger partial charge in [-0.2, -0.15) is 0 Å². The lowest BCUT2D eigenvalue weighted by atomic mass is 10.1. The molecule has 0 aliphatic carbocycles. The largest absolute Gasteiger partial charge is 0.382 e. The van der Waals surface area contributed by atoms with Gasteiger partial charge in [-0.1, -0.05) is 12.1 Å². The molecule has 0 radical (unpaired) electrons. The number of aromatic nitrogens is 1. The van der Waals surface area contributed by atoms with Crippen LogP contribution < -0.4 is 9.62 Å². The van der Waals surface area contributed by atoms with E-state index in [-0.39, 0.29) is 0 Å². The summed E-state index contributed by atoms with van der Waals surface area (Å²) in [5.41, 5.74) is 2.51. The number of sulfonamides is 1. The predicted molar refractivity (Wildman–Crippen MR) is 105 cm³/mol. The molecular formula is C17H25N3O3S2.